The van der Waals surface area contributed by atoms with Crippen LogP contribution in [0.2, 0.25) is 0 Å². The summed E-state index contributed by atoms with van der Waals surface area (Å²) < 4.78 is 7.61. The van der Waals surface area contributed by atoms with Crippen molar-refractivity contribution in [3.8, 4) is 5.75 Å². The maximum Gasteiger partial charge on any atom is 0.119 e. The Morgan fingerprint density at radius 3 is 2.55 bits per heavy atom. The minimum Gasteiger partial charge on any atom is -0.490 e. The van der Waals surface area contributed by atoms with Crippen LogP contribution in [0.4, 0.5) is 0 Å². The maximum absolute atomic E-state index is 5.76. The fraction of sp³-hybridized carbons (Fsp3) is 0.400. The van der Waals surface area contributed by atoms with Crippen molar-refractivity contribution in [1.82, 2.24) is 15.2 Å². The quantitative estimate of drug-likeness (QED) is 0.643. The third kappa shape index (κ3) is 2.55. The summed E-state index contributed by atoms with van der Waals surface area (Å²) in [6.45, 7) is 2.04. The highest BCUT2D eigenvalue weighted by Gasteiger charge is 2.23. The summed E-state index contributed by atoms with van der Waals surface area (Å²) in [4.78, 5) is 0. The monoisotopic (exact) mass is 272 g/mol. The zero-order valence-corrected chi connectivity index (χ0v) is 11.8. The van der Waals surface area contributed by atoms with E-state index in [1.807, 2.05) is 37.0 Å². The van der Waals surface area contributed by atoms with E-state index in [2.05, 4.69) is 22.7 Å². The van der Waals surface area contributed by atoms with Gasteiger partial charge in [0.25, 0.3) is 0 Å². The van der Waals surface area contributed by atoms with Crippen molar-refractivity contribution < 1.29 is 4.74 Å². The smallest absolute Gasteiger partial charge is 0.119 e. The third-order valence-corrected chi connectivity index (χ3v) is 3.79. The molecule has 1 heterocycles. The van der Waals surface area contributed by atoms with E-state index in [-0.39, 0.29) is 6.04 Å². The maximum atomic E-state index is 5.76. The molecule has 1 aliphatic carbocycles. The molecule has 3 N–H and O–H groups in total. The Morgan fingerprint density at radius 1 is 1.35 bits per heavy atom. The molecule has 106 valence electrons. The molecule has 1 aromatic heterocycles. The average Bonchev–Trinajstić information content (AvgIpc) is 3.22. The van der Waals surface area contributed by atoms with Crippen LogP contribution in [0.1, 0.15) is 35.7 Å². The highest BCUT2D eigenvalue weighted by atomic mass is 16.5. The summed E-state index contributed by atoms with van der Waals surface area (Å²) in [7, 11) is 1.93. The van der Waals surface area contributed by atoms with E-state index in [4.69, 9.17) is 10.6 Å². The van der Waals surface area contributed by atoms with E-state index in [1.165, 1.54) is 12.8 Å². The molecule has 0 amide bonds. The average molecular weight is 272 g/mol. The molecule has 1 aromatic carbocycles. The number of hydrogen-bond donors (Lipinski definition) is 2. The lowest BCUT2D eigenvalue weighted by Gasteiger charge is -2.16. The van der Waals surface area contributed by atoms with Crippen LogP contribution in [0.5, 0.6) is 5.75 Å². The number of aryl methyl sites for hydroxylation is 1. The van der Waals surface area contributed by atoms with Crippen molar-refractivity contribution in [2.24, 2.45) is 12.9 Å². The van der Waals surface area contributed by atoms with Gasteiger partial charge in [0.1, 0.15) is 5.75 Å². The SMILES string of the molecule is Cc1c(C(NN)c2ccc(OC3CC3)cc2)cnn1C. The zero-order chi connectivity index (χ0) is 14.1. The largest absolute Gasteiger partial charge is 0.490 e. The van der Waals surface area contributed by atoms with Gasteiger partial charge in [-0.2, -0.15) is 5.10 Å². The van der Waals surface area contributed by atoms with Crippen LogP contribution < -0.4 is 16.0 Å². The second kappa shape index (κ2) is 5.26. The molecular formula is C15H20N4O. The van der Waals surface area contributed by atoms with Gasteiger partial charge in [-0.05, 0) is 37.5 Å². The number of ether oxygens (including phenoxy) is 1. The van der Waals surface area contributed by atoms with E-state index in [9.17, 15) is 0 Å². The van der Waals surface area contributed by atoms with Crippen molar-refractivity contribution in [2.75, 3.05) is 0 Å². The van der Waals surface area contributed by atoms with Gasteiger partial charge in [0.05, 0.1) is 18.3 Å². The van der Waals surface area contributed by atoms with Crippen LogP contribution in [0.3, 0.4) is 0 Å². The summed E-state index contributed by atoms with van der Waals surface area (Å²) in [6.07, 6.45) is 4.62. The lowest BCUT2D eigenvalue weighted by Crippen LogP contribution is -2.29. The molecule has 2 aromatic rings. The Labute approximate surface area is 118 Å². The molecule has 0 aliphatic heterocycles. The van der Waals surface area contributed by atoms with E-state index in [1.54, 1.807) is 0 Å². The normalized spacial score (nSPS) is 16.1. The number of nitrogens with one attached hydrogen (secondary N) is 1. The summed E-state index contributed by atoms with van der Waals surface area (Å²) in [5.41, 5.74) is 6.16. The predicted molar refractivity (Wildman–Crippen MR) is 77.2 cm³/mol. The number of benzene rings is 1. The number of nitrogens with zero attached hydrogens (tertiary/aromatic N) is 2. The first kappa shape index (κ1) is 13.1. The fourth-order valence-electron chi connectivity index (χ4n) is 2.28. The first-order chi connectivity index (χ1) is 9.69. The van der Waals surface area contributed by atoms with Crippen molar-refractivity contribution in [3.63, 3.8) is 0 Å². The summed E-state index contributed by atoms with van der Waals surface area (Å²) in [5.74, 6) is 6.65. The van der Waals surface area contributed by atoms with Gasteiger partial charge in [-0.15, -0.1) is 0 Å². The lowest BCUT2D eigenvalue weighted by atomic mass is 10.00. The Morgan fingerprint density at radius 2 is 2.05 bits per heavy atom. The number of rotatable bonds is 5. The molecule has 0 radical (unpaired) electrons. The summed E-state index contributed by atoms with van der Waals surface area (Å²) in [5, 5.41) is 4.27. The Balaban J connectivity index is 1.83. The second-order valence-electron chi connectivity index (χ2n) is 5.29. The zero-order valence-electron chi connectivity index (χ0n) is 11.8. The van der Waals surface area contributed by atoms with Gasteiger partial charge in [-0.1, -0.05) is 12.1 Å². The molecule has 20 heavy (non-hydrogen) atoms. The van der Waals surface area contributed by atoms with E-state index < -0.39 is 0 Å². The van der Waals surface area contributed by atoms with Crippen molar-refractivity contribution >= 4 is 0 Å². The Bertz CT molecular complexity index is 586. The van der Waals surface area contributed by atoms with Gasteiger partial charge in [0, 0.05) is 18.3 Å². The summed E-state index contributed by atoms with van der Waals surface area (Å²) >= 11 is 0. The predicted octanol–water partition coefficient (Wildman–Crippen LogP) is 1.82. The van der Waals surface area contributed by atoms with Crippen LogP contribution in [0.25, 0.3) is 0 Å². The van der Waals surface area contributed by atoms with Gasteiger partial charge in [-0.3, -0.25) is 10.5 Å². The van der Waals surface area contributed by atoms with Gasteiger partial charge >= 0.3 is 0 Å². The molecule has 1 fully saturated rings. The highest BCUT2D eigenvalue weighted by molar-refractivity contribution is 5.36. The minimum absolute atomic E-state index is 0.0568. The van der Waals surface area contributed by atoms with Crippen LogP contribution >= 0.6 is 0 Å². The number of hydrazine groups is 1. The Hall–Kier alpha value is -1.85. The molecule has 0 bridgehead atoms. The standard InChI is InChI=1S/C15H20N4O/c1-10-14(9-17-19(10)2)15(18-16)11-3-5-12(6-4-11)20-13-7-8-13/h3-6,9,13,15,18H,7-8,16H2,1-2H3. The summed E-state index contributed by atoms with van der Waals surface area (Å²) in [6, 6.07) is 8.05. The molecule has 0 saturated heterocycles. The molecule has 3 rings (SSSR count). The van der Waals surface area contributed by atoms with Crippen molar-refractivity contribution in [2.45, 2.75) is 31.9 Å². The van der Waals surface area contributed by atoms with Gasteiger partial charge in [-0.25, -0.2) is 5.43 Å². The molecule has 1 atom stereocenters. The molecular weight excluding hydrogens is 252 g/mol. The number of aromatic nitrogens is 2. The van der Waals surface area contributed by atoms with E-state index >= 15 is 0 Å². The van der Waals surface area contributed by atoms with Crippen LogP contribution in [-0.2, 0) is 7.05 Å². The van der Waals surface area contributed by atoms with Crippen molar-refractivity contribution in [3.05, 3.63) is 47.3 Å². The van der Waals surface area contributed by atoms with Gasteiger partial charge in [0.15, 0.2) is 0 Å². The number of hydrogen-bond acceptors (Lipinski definition) is 4. The van der Waals surface area contributed by atoms with E-state index in [0.29, 0.717) is 6.10 Å². The molecule has 5 nitrogen and oxygen atoms in total. The first-order valence-corrected chi connectivity index (χ1v) is 6.90. The fourth-order valence-corrected chi connectivity index (χ4v) is 2.28. The first-order valence-electron chi connectivity index (χ1n) is 6.90. The highest BCUT2D eigenvalue weighted by Crippen LogP contribution is 2.29. The van der Waals surface area contributed by atoms with Gasteiger partial charge in [0.2, 0.25) is 0 Å². The second-order valence-corrected chi connectivity index (χ2v) is 5.29. The molecule has 1 saturated carbocycles. The minimum atomic E-state index is -0.0568. The lowest BCUT2D eigenvalue weighted by molar-refractivity contribution is 0.303. The van der Waals surface area contributed by atoms with Crippen LogP contribution in [-0.4, -0.2) is 15.9 Å². The molecule has 1 aliphatic rings. The third-order valence-electron chi connectivity index (χ3n) is 3.79. The molecule has 5 heteroatoms. The molecule has 0 spiro atoms. The topological polar surface area (TPSA) is 65.1 Å². The van der Waals surface area contributed by atoms with Crippen molar-refractivity contribution in [1.29, 1.82) is 0 Å². The Kier molecular flexibility index (Phi) is 3.46. The van der Waals surface area contributed by atoms with Crippen LogP contribution in [0.15, 0.2) is 30.5 Å². The molecule has 1 unspecified atom stereocenters. The van der Waals surface area contributed by atoms with E-state index in [0.717, 1.165) is 22.6 Å². The number of nitrogens with two attached hydrogens (primary N) is 1. The van der Waals surface area contributed by atoms with Crippen LogP contribution in [0, 0.1) is 6.92 Å². The van der Waals surface area contributed by atoms with Gasteiger partial charge < -0.3 is 4.74 Å².